The summed E-state index contributed by atoms with van der Waals surface area (Å²) in [6.07, 6.45) is 7.17. The van der Waals surface area contributed by atoms with Crippen LogP contribution in [0.2, 0.25) is 0 Å². The number of benzene rings is 3. The van der Waals surface area contributed by atoms with E-state index in [1.807, 2.05) is 19.9 Å². The van der Waals surface area contributed by atoms with E-state index in [1.165, 1.54) is 38.8 Å². The van der Waals surface area contributed by atoms with E-state index in [-0.39, 0.29) is 34.6 Å². The molecule has 0 amide bonds. The van der Waals surface area contributed by atoms with E-state index in [4.69, 9.17) is 18.9 Å². The summed E-state index contributed by atoms with van der Waals surface area (Å²) < 4.78 is 27.2. The normalized spacial score (nSPS) is 20.4. The molecule has 0 spiro atoms. The van der Waals surface area contributed by atoms with Gasteiger partial charge in [0, 0.05) is 73.6 Å². The highest BCUT2D eigenvalue weighted by Gasteiger charge is 2.42. The van der Waals surface area contributed by atoms with Crippen molar-refractivity contribution in [3.05, 3.63) is 68.8 Å². The Hall–Kier alpha value is -5.32. The maximum Gasteiger partial charge on any atom is 0.310 e. The molecule has 0 saturated heterocycles. The quantitative estimate of drug-likeness (QED) is 0.107. The number of ether oxygens (including phenoxy) is 5. The Kier molecular flexibility index (Phi) is 11.3. The molecule has 2 atom stereocenters. The molecule has 0 N–H and O–H groups in total. The van der Waals surface area contributed by atoms with Crippen molar-refractivity contribution in [2.45, 2.75) is 144 Å². The molecule has 5 aliphatic rings. The number of esters is 4. The van der Waals surface area contributed by atoms with E-state index < -0.39 is 23.9 Å². The standard InChI is InChI=1S/C23H26O5.C19H20O3.C4H6O3/c1-12-11-17-20(26-12)16-8-9-18-15(7-6-10-23(18,4)5)19(16)22(28-14(3)25)21(17)27-13(2)24;1-10-9-13-16(20)17(21)15-11-5-4-8-19(2,3)14(11)7-6-12(15)18(13)22-10;1-3(5)7-4(2)6/h8-9,12H,6-7,10-11H2,1-5H3;6-7,10H,4-5,8-9H2,1-3H3;1-2H3/t12-;10-;/m11./s1. The molecule has 2 aliphatic heterocycles. The molecule has 3 aliphatic carbocycles. The predicted octanol–water partition coefficient (Wildman–Crippen LogP) is 8.31. The fourth-order valence-corrected chi connectivity index (χ4v) is 9.09. The van der Waals surface area contributed by atoms with Crippen LogP contribution in [0.4, 0.5) is 0 Å². The summed E-state index contributed by atoms with van der Waals surface area (Å²) in [5.74, 6) is -0.632. The fourth-order valence-electron chi connectivity index (χ4n) is 9.09. The zero-order valence-corrected chi connectivity index (χ0v) is 34.6. The number of Topliss-reactive ketones (excluding diaryl/α,β-unsaturated/α-hetero) is 2. The van der Waals surface area contributed by atoms with Crippen molar-refractivity contribution in [1.82, 2.24) is 0 Å². The molecular weight excluding hydrogens is 728 g/mol. The first kappa shape index (κ1) is 41.3. The van der Waals surface area contributed by atoms with E-state index in [2.05, 4.69) is 50.6 Å². The molecule has 2 heterocycles. The molecule has 0 saturated carbocycles. The van der Waals surface area contributed by atoms with Crippen LogP contribution in [0.15, 0.2) is 29.8 Å². The second-order valence-electron chi connectivity index (χ2n) is 17.0. The molecule has 11 nitrogen and oxygen atoms in total. The van der Waals surface area contributed by atoms with Crippen molar-refractivity contribution < 1.29 is 52.5 Å². The van der Waals surface area contributed by atoms with Gasteiger partial charge in [-0.1, -0.05) is 52.0 Å². The second kappa shape index (κ2) is 15.6. The number of hydrogen-bond donors (Lipinski definition) is 0. The van der Waals surface area contributed by atoms with Crippen molar-refractivity contribution in [3.8, 4) is 17.2 Å². The van der Waals surface area contributed by atoms with Gasteiger partial charge in [0.1, 0.15) is 23.7 Å². The van der Waals surface area contributed by atoms with Crippen LogP contribution < -0.4 is 14.2 Å². The van der Waals surface area contributed by atoms with Crippen LogP contribution in [0.25, 0.3) is 16.5 Å². The van der Waals surface area contributed by atoms with Gasteiger partial charge in [-0.25, -0.2) is 0 Å². The third-order valence-corrected chi connectivity index (χ3v) is 11.4. The molecule has 3 aromatic rings. The van der Waals surface area contributed by atoms with Gasteiger partial charge in [-0.15, -0.1) is 0 Å². The lowest BCUT2D eigenvalue weighted by molar-refractivity contribution is -0.156. The number of ketones is 2. The zero-order chi connectivity index (χ0) is 41.7. The molecule has 3 aromatic carbocycles. The first-order valence-electron chi connectivity index (χ1n) is 19.7. The summed E-state index contributed by atoms with van der Waals surface area (Å²) in [5, 5.41) is 1.76. The summed E-state index contributed by atoms with van der Waals surface area (Å²) in [6, 6.07) is 8.35. The number of carbonyl (C=O) groups excluding carboxylic acids is 6. The highest BCUT2D eigenvalue weighted by atomic mass is 16.6. The van der Waals surface area contributed by atoms with Crippen LogP contribution in [0.3, 0.4) is 0 Å². The summed E-state index contributed by atoms with van der Waals surface area (Å²) in [5.41, 5.74) is 7.60. The predicted molar refractivity (Wildman–Crippen MR) is 213 cm³/mol. The van der Waals surface area contributed by atoms with Gasteiger partial charge in [0.05, 0.1) is 0 Å². The minimum absolute atomic E-state index is 0.0276. The van der Waals surface area contributed by atoms with Gasteiger partial charge in [0.2, 0.25) is 11.6 Å². The van der Waals surface area contributed by atoms with Crippen LogP contribution in [0.5, 0.6) is 17.2 Å². The van der Waals surface area contributed by atoms with Crippen LogP contribution in [0, 0.1) is 0 Å². The Morgan fingerprint density at radius 3 is 1.77 bits per heavy atom. The fraction of sp³-hybridized carbons (Fsp3) is 0.478. The van der Waals surface area contributed by atoms with Crippen molar-refractivity contribution in [2.24, 2.45) is 0 Å². The van der Waals surface area contributed by atoms with Crippen molar-refractivity contribution in [3.63, 3.8) is 0 Å². The SMILES string of the molecule is CC(=O)OC(C)=O.CC(=O)Oc1c2c(c3ccc4c(c3c1OC(C)=O)CCCC4(C)C)O[C@H](C)C2.C[C@@H]1CC2=C(O1)c1ccc3c(c1C(=O)C2=O)CCCC3(C)C. The lowest BCUT2D eigenvalue weighted by Crippen LogP contribution is -2.30. The molecule has 0 radical (unpaired) electrons. The van der Waals surface area contributed by atoms with Gasteiger partial charge >= 0.3 is 23.9 Å². The Bertz CT molecular complexity index is 2260. The van der Waals surface area contributed by atoms with E-state index in [0.717, 1.165) is 77.3 Å². The molecule has 0 aromatic heterocycles. The highest BCUT2D eigenvalue weighted by molar-refractivity contribution is 6.52. The van der Waals surface area contributed by atoms with Crippen LogP contribution in [-0.4, -0.2) is 47.7 Å². The molecule has 0 bridgehead atoms. The topological polar surface area (TPSA) is 149 Å². The Morgan fingerprint density at radius 2 is 1.19 bits per heavy atom. The molecule has 0 fully saturated rings. The first-order valence-corrected chi connectivity index (χ1v) is 19.7. The largest absolute Gasteiger partial charge is 0.489 e. The summed E-state index contributed by atoms with van der Waals surface area (Å²) in [4.78, 5) is 68.6. The van der Waals surface area contributed by atoms with E-state index in [1.54, 1.807) is 0 Å². The third kappa shape index (κ3) is 7.98. The minimum Gasteiger partial charge on any atom is -0.489 e. The Morgan fingerprint density at radius 1 is 0.649 bits per heavy atom. The molecule has 8 rings (SSSR count). The van der Waals surface area contributed by atoms with Gasteiger partial charge in [-0.05, 0) is 85.5 Å². The Labute approximate surface area is 333 Å². The maximum atomic E-state index is 12.7. The van der Waals surface area contributed by atoms with E-state index >= 15 is 0 Å². The van der Waals surface area contributed by atoms with Gasteiger partial charge in [-0.2, -0.15) is 0 Å². The number of aryl methyl sites for hydroxylation is 1. The van der Waals surface area contributed by atoms with E-state index in [0.29, 0.717) is 41.2 Å². The first-order chi connectivity index (χ1) is 26.7. The number of hydrogen-bond acceptors (Lipinski definition) is 11. The van der Waals surface area contributed by atoms with Gasteiger partial charge in [-0.3, -0.25) is 28.8 Å². The van der Waals surface area contributed by atoms with Gasteiger partial charge in [0.25, 0.3) is 0 Å². The lowest BCUT2D eigenvalue weighted by atomic mass is 9.69. The number of fused-ring (bicyclic) bond motifs is 9. The summed E-state index contributed by atoms with van der Waals surface area (Å²) in [6.45, 7) is 17.9. The molecule has 302 valence electrons. The van der Waals surface area contributed by atoms with Crippen molar-refractivity contribution in [1.29, 1.82) is 0 Å². The highest BCUT2D eigenvalue weighted by Crippen LogP contribution is 2.53. The third-order valence-electron chi connectivity index (χ3n) is 11.4. The zero-order valence-electron chi connectivity index (χ0n) is 34.6. The second-order valence-corrected chi connectivity index (χ2v) is 17.0. The average molecular weight is 781 g/mol. The molecule has 57 heavy (non-hydrogen) atoms. The van der Waals surface area contributed by atoms with Crippen molar-refractivity contribution >= 4 is 52.0 Å². The molecular formula is C46H52O11. The van der Waals surface area contributed by atoms with E-state index in [9.17, 15) is 28.8 Å². The van der Waals surface area contributed by atoms with Crippen LogP contribution >= 0.6 is 0 Å². The van der Waals surface area contributed by atoms with Crippen molar-refractivity contribution in [2.75, 3.05) is 0 Å². The maximum absolute atomic E-state index is 12.7. The van der Waals surface area contributed by atoms with Crippen LogP contribution in [-0.2, 0) is 63.5 Å². The summed E-state index contributed by atoms with van der Waals surface area (Å²) >= 11 is 0. The van der Waals surface area contributed by atoms with Gasteiger partial charge in [0.15, 0.2) is 11.5 Å². The average Bonchev–Trinajstić information content (AvgIpc) is 3.70. The minimum atomic E-state index is -0.562. The van der Waals surface area contributed by atoms with Crippen LogP contribution in [0.1, 0.15) is 145 Å². The number of carbonyl (C=O) groups is 6. The summed E-state index contributed by atoms with van der Waals surface area (Å²) in [7, 11) is 0. The van der Waals surface area contributed by atoms with Gasteiger partial charge < -0.3 is 23.7 Å². The monoisotopic (exact) mass is 780 g/mol. The smallest absolute Gasteiger partial charge is 0.310 e. The molecule has 11 heteroatoms. The number of rotatable bonds is 2. The molecule has 0 unspecified atom stereocenters. The lowest BCUT2D eigenvalue weighted by Gasteiger charge is -2.35. The Balaban J connectivity index is 0.000000169.